The Morgan fingerprint density at radius 3 is 2.67 bits per heavy atom. The number of anilines is 1. The summed E-state index contributed by atoms with van der Waals surface area (Å²) in [5.41, 5.74) is 3.81. The second kappa shape index (κ2) is 8.18. The van der Waals surface area contributed by atoms with E-state index in [1.807, 2.05) is 44.3 Å². The Kier molecular flexibility index (Phi) is 5.71. The number of halogens is 1. The summed E-state index contributed by atoms with van der Waals surface area (Å²) >= 11 is 6.09. The highest BCUT2D eigenvalue weighted by Crippen LogP contribution is 2.22. The molecule has 0 unspecified atom stereocenters. The van der Waals surface area contributed by atoms with Gasteiger partial charge in [-0.2, -0.15) is 0 Å². The van der Waals surface area contributed by atoms with Crippen LogP contribution in [0.4, 0.5) is 5.95 Å². The SMILES string of the molecule is CC(=O)NC(=NCCc1c[nH]c2ccc(Cl)cc12)Nc1nc(C)cc(C)n1. The van der Waals surface area contributed by atoms with Gasteiger partial charge in [-0.15, -0.1) is 0 Å². The zero-order valence-corrected chi connectivity index (χ0v) is 16.2. The number of nitrogens with one attached hydrogen (secondary N) is 3. The maximum absolute atomic E-state index is 11.5. The molecule has 3 rings (SSSR count). The van der Waals surface area contributed by atoms with E-state index in [1.54, 1.807) is 0 Å². The monoisotopic (exact) mass is 384 g/mol. The van der Waals surface area contributed by atoms with Crippen molar-refractivity contribution in [1.29, 1.82) is 0 Å². The van der Waals surface area contributed by atoms with Gasteiger partial charge in [-0.3, -0.25) is 20.4 Å². The van der Waals surface area contributed by atoms with E-state index < -0.39 is 0 Å². The maximum Gasteiger partial charge on any atom is 0.229 e. The van der Waals surface area contributed by atoms with Crippen LogP contribution in [0, 0.1) is 13.8 Å². The van der Waals surface area contributed by atoms with Gasteiger partial charge >= 0.3 is 0 Å². The van der Waals surface area contributed by atoms with Gasteiger partial charge in [0.15, 0.2) is 0 Å². The van der Waals surface area contributed by atoms with E-state index >= 15 is 0 Å². The number of nitrogens with zero attached hydrogens (tertiary/aromatic N) is 3. The molecule has 27 heavy (non-hydrogen) atoms. The third-order valence-corrected chi connectivity index (χ3v) is 4.12. The lowest BCUT2D eigenvalue weighted by Gasteiger charge is -2.10. The molecule has 7 nitrogen and oxygen atoms in total. The summed E-state index contributed by atoms with van der Waals surface area (Å²) < 4.78 is 0. The molecule has 3 aromatic rings. The zero-order valence-electron chi connectivity index (χ0n) is 15.4. The number of guanidine groups is 1. The fraction of sp³-hybridized carbons (Fsp3) is 0.263. The molecule has 0 bridgehead atoms. The molecule has 3 N–H and O–H groups in total. The summed E-state index contributed by atoms with van der Waals surface area (Å²) in [7, 11) is 0. The van der Waals surface area contributed by atoms with Crippen molar-refractivity contribution in [2.24, 2.45) is 4.99 Å². The highest BCUT2D eigenvalue weighted by molar-refractivity contribution is 6.31. The number of carbonyl (C=O) groups is 1. The lowest BCUT2D eigenvalue weighted by atomic mass is 10.1. The van der Waals surface area contributed by atoms with Gasteiger partial charge < -0.3 is 4.98 Å². The standard InChI is InChI=1S/C19H21ClN6O/c1-11-8-12(2)24-19(23-11)26-18(25-13(3)27)21-7-6-14-10-22-17-5-4-15(20)9-16(14)17/h4-5,8-10,22H,6-7H2,1-3H3,(H2,21,23,24,25,26,27). The molecule has 0 saturated heterocycles. The predicted octanol–water partition coefficient (Wildman–Crippen LogP) is 3.37. The number of H-pyrrole nitrogens is 1. The van der Waals surface area contributed by atoms with Gasteiger partial charge in [0, 0.05) is 47.0 Å². The summed E-state index contributed by atoms with van der Waals surface area (Å²) in [6.45, 7) is 5.68. The quantitative estimate of drug-likeness (QED) is 0.474. The van der Waals surface area contributed by atoms with Crippen LogP contribution in [0.25, 0.3) is 10.9 Å². The second-order valence-electron chi connectivity index (χ2n) is 6.26. The van der Waals surface area contributed by atoms with E-state index in [1.165, 1.54) is 6.92 Å². The molecule has 1 amide bonds. The third-order valence-electron chi connectivity index (χ3n) is 3.89. The van der Waals surface area contributed by atoms with Gasteiger partial charge in [0.1, 0.15) is 0 Å². The minimum Gasteiger partial charge on any atom is -0.361 e. The van der Waals surface area contributed by atoms with Crippen LogP contribution in [0.2, 0.25) is 5.02 Å². The van der Waals surface area contributed by atoms with E-state index in [4.69, 9.17) is 11.6 Å². The average molecular weight is 385 g/mol. The highest BCUT2D eigenvalue weighted by Gasteiger charge is 2.07. The fourth-order valence-electron chi connectivity index (χ4n) is 2.81. The Morgan fingerprint density at radius 2 is 1.96 bits per heavy atom. The number of rotatable bonds is 4. The summed E-state index contributed by atoms with van der Waals surface area (Å²) in [6.07, 6.45) is 2.65. The molecule has 0 fully saturated rings. The molecule has 0 saturated carbocycles. The molecule has 0 spiro atoms. The van der Waals surface area contributed by atoms with Crippen molar-refractivity contribution in [2.75, 3.05) is 11.9 Å². The van der Waals surface area contributed by atoms with Crippen LogP contribution in [0.5, 0.6) is 0 Å². The van der Waals surface area contributed by atoms with Crippen molar-refractivity contribution >= 4 is 40.3 Å². The molecule has 2 aromatic heterocycles. The Morgan fingerprint density at radius 1 is 1.22 bits per heavy atom. The first-order chi connectivity index (χ1) is 12.9. The topological polar surface area (TPSA) is 95.1 Å². The fourth-order valence-corrected chi connectivity index (χ4v) is 2.98. The largest absolute Gasteiger partial charge is 0.361 e. The Labute approximate surface area is 162 Å². The molecule has 0 radical (unpaired) electrons. The lowest BCUT2D eigenvalue weighted by Crippen LogP contribution is -2.35. The van der Waals surface area contributed by atoms with Crippen molar-refractivity contribution in [1.82, 2.24) is 20.3 Å². The molecule has 140 valence electrons. The molecule has 0 aliphatic carbocycles. The summed E-state index contributed by atoms with van der Waals surface area (Å²) in [4.78, 5) is 27.8. The van der Waals surface area contributed by atoms with E-state index in [9.17, 15) is 4.79 Å². The van der Waals surface area contributed by atoms with Crippen molar-refractivity contribution in [2.45, 2.75) is 27.2 Å². The summed E-state index contributed by atoms with van der Waals surface area (Å²) in [5, 5.41) is 7.44. The van der Waals surface area contributed by atoms with Gasteiger partial charge in [0.2, 0.25) is 17.8 Å². The number of benzene rings is 1. The van der Waals surface area contributed by atoms with Crippen molar-refractivity contribution in [3.05, 3.63) is 52.4 Å². The van der Waals surface area contributed by atoms with Crippen LogP contribution in [0.1, 0.15) is 23.9 Å². The number of fused-ring (bicyclic) bond motifs is 1. The van der Waals surface area contributed by atoms with E-state index in [-0.39, 0.29) is 5.91 Å². The van der Waals surface area contributed by atoms with Crippen molar-refractivity contribution in [3.63, 3.8) is 0 Å². The van der Waals surface area contributed by atoms with E-state index in [0.717, 1.165) is 27.9 Å². The van der Waals surface area contributed by atoms with E-state index in [2.05, 4.69) is 30.6 Å². The number of aliphatic imine (C=N–C) groups is 1. The number of carbonyl (C=O) groups excluding carboxylic acids is 1. The number of hydrogen-bond donors (Lipinski definition) is 3. The van der Waals surface area contributed by atoms with Crippen molar-refractivity contribution in [3.8, 4) is 0 Å². The van der Waals surface area contributed by atoms with Crippen LogP contribution in [0.3, 0.4) is 0 Å². The Balaban J connectivity index is 1.75. The summed E-state index contributed by atoms with van der Waals surface area (Å²) in [5.74, 6) is 0.508. The molecule has 0 atom stereocenters. The predicted molar refractivity (Wildman–Crippen MR) is 108 cm³/mol. The molecule has 2 heterocycles. The Bertz CT molecular complexity index is 990. The first kappa shape index (κ1) is 18.8. The molecular weight excluding hydrogens is 364 g/mol. The van der Waals surface area contributed by atoms with E-state index in [0.29, 0.717) is 29.9 Å². The lowest BCUT2D eigenvalue weighted by molar-refractivity contribution is -0.117. The molecule has 0 aliphatic heterocycles. The van der Waals surface area contributed by atoms with Gasteiger partial charge in [-0.05, 0) is 50.1 Å². The van der Waals surface area contributed by atoms with Gasteiger partial charge in [0.25, 0.3) is 0 Å². The molecule has 8 heteroatoms. The van der Waals surface area contributed by atoms with Gasteiger partial charge in [-0.25, -0.2) is 9.97 Å². The van der Waals surface area contributed by atoms with Crippen LogP contribution in [-0.4, -0.2) is 33.4 Å². The maximum atomic E-state index is 11.5. The molecule has 0 aliphatic rings. The number of aromatic nitrogens is 3. The minimum atomic E-state index is -0.218. The van der Waals surface area contributed by atoms with Crippen LogP contribution < -0.4 is 10.6 Å². The Hall–Kier alpha value is -2.93. The molecular formula is C19H21ClN6O. The minimum absolute atomic E-state index is 0.218. The highest BCUT2D eigenvalue weighted by atomic mass is 35.5. The first-order valence-electron chi connectivity index (χ1n) is 8.57. The van der Waals surface area contributed by atoms with Crippen LogP contribution in [-0.2, 0) is 11.2 Å². The number of aromatic amines is 1. The number of amides is 1. The normalized spacial score (nSPS) is 11.6. The number of aryl methyl sites for hydroxylation is 2. The smallest absolute Gasteiger partial charge is 0.229 e. The average Bonchev–Trinajstić information content (AvgIpc) is 2.95. The molecule has 1 aromatic carbocycles. The van der Waals surface area contributed by atoms with Gasteiger partial charge in [0.05, 0.1) is 0 Å². The van der Waals surface area contributed by atoms with Crippen molar-refractivity contribution < 1.29 is 4.79 Å². The second-order valence-corrected chi connectivity index (χ2v) is 6.70. The summed E-state index contributed by atoms with van der Waals surface area (Å²) in [6, 6.07) is 7.61. The zero-order chi connectivity index (χ0) is 19.4. The van der Waals surface area contributed by atoms with Crippen LogP contribution in [0.15, 0.2) is 35.5 Å². The van der Waals surface area contributed by atoms with Gasteiger partial charge in [-0.1, -0.05) is 11.6 Å². The number of hydrogen-bond acceptors (Lipinski definition) is 4. The van der Waals surface area contributed by atoms with Crippen LogP contribution >= 0.6 is 11.6 Å². The first-order valence-corrected chi connectivity index (χ1v) is 8.95. The third kappa shape index (κ3) is 5.04.